The topological polar surface area (TPSA) is 72.0 Å². The van der Waals surface area contributed by atoms with Crippen molar-refractivity contribution in [2.45, 2.75) is 37.1 Å². The summed E-state index contributed by atoms with van der Waals surface area (Å²) in [6, 6.07) is 5.94. The van der Waals surface area contributed by atoms with E-state index in [1.807, 2.05) is 17.8 Å². The van der Waals surface area contributed by atoms with E-state index >= 15 is 0 Å². The summed E-state index contributed by atoms with van der Waals surface area (Å²) in [6.45, 7) is 0.562. The second-order valence-electron chi connectivity index (χ2n) is 5.96. The highest BCUT2D eigenvalue weighted by molar-refractivity contribution is 14.0. The molecule has 0 bridgehead atoms. The van der Waals surface area contributed by atoms with Gasteiger partial charge in [-0.1, -0.05) is 6.07 Å². The third kappa shape index (κ3) is 6.22. The molecule has 2 unspecified atom stereocenters. The van der Waals surface area contributed by atoms with Gasteiger partial charge in [0.2, 0.25) is 0 Å². The summed E-state index contributed by atoms with van der Waals surface area (Å²) < 4.78 is 10.0. The van der Waals surface area contributed by atoms with E-state index < -0.39 is 5.97 Å². The Hall–Kier alpha value is -1.16. The van der Waals surface area contributed by atoms with Crippen molar-refractivity contribution < 1.29 is 14.3 Å². The number of aliphatic imine (C=N–C) groups is 1. The summed E-state index contributed by atoms with van der Waals surface area (Å²) in [5, 5.41) is 7.52. The van der Waals surface area contributed by atoms with Gasteiger partial charge in [0.15, 0.2) is 5.96 Å². The van der Waals surface area contributed by atoms with Crippen molar-refractivity contribution in [1.82, 2.24) is 10.6 Å². The summed E-state index contributed by atoms with van der Waals surface area (Å²) in [4.78, 5) is 16.2. The number of nitrogens with zero attached hydrogens (tertiary/aromatic N) is 1. The second kappa shape index (κ2) is 11.5. The Balaban J connectivity index is 0.00000338. The first-order valence-electron chi connectivity index (χ1n) is 8.36. The number of hydrogen-bond acceptors (Lipinski definition) is 5. The molecule has 2 N–H and O–H groups in total. The van der Waals surface area contributed by atoms with Crippen molar-refractivity contribution in [3.8, 4) is 5.75 Å². The van der Waals surface area contributed by atoms with Crippen LogP contribution in [-0.2, 0) is 11.3 Å². The number of guanidine groups is 1. The SMILES string of the molecule is CN=C(NCc1ccc(OC)c(C(=O)OC)c1)NC1CCC(SC)C1.I. The predicted octanol–water partition coefficient (Wildman–Crippen LogP) is 3.05. The Bertz CT molecular complexity index is 628. The minimum atomic E-state index is -0.407. The highest BCUT2D eigenvalue weighted by Gasteiger charge is 2.24. The van der Waals surface area contributed by atoms with Gasteiger partial charge in [-0.25, -0.2) is 4.79 Å². The Morgan fingerprint density at radius 3 is 2.69 bits per heavy atom. The molecule has 1 saturated carbocycles. The monoisotopic (exact) mass is 493 g/mol. The fourth-order valence-electron chi connectivity index (χ4n) is 2.99. The summed E-state index contributed by atoms with van der Waals surface area (Å²) in [5.74, 6) is 0.879. The lowest BCUT2D eigenvalue weighted by molar-refractivity contribution is 0.0597. The molecule has 1 aliphatic rings. The number of esters is 1. The minimum Gasteiger partial charge on any atom is -0.496 e. The molecule has 0 saturated heterocycles. The molecule has 1 aromatic carbocycles. The van der Waals surface area contributed by atoms with Gasteiger partial charge in [0.25, 0.3) is 0 Å². The fourth-order valence-corrected chi connectivity index (χ4v) is 3.79. The predicted molar refractivity (Wildman–Crippen MR) is 118 cm³/mol. The molecule has 26 heavy (non-hydrogen) atoms. The lowest BCUT2D eigenvalue weighted by Gasteiger charge is -2.17. The van der Waals surface area contributed by atoms with Crippen LogP contribution < -0.4 is 15.4 Å². The van der Waals surface area contributed by atoms with Crippen LogP contribution in [0.15, 0.2) is 23.2 Å². The highest BCUT2D eigenvalue weighted by Crippen LogP contribution is 2.28. The van der Waals surface area contributed by atoms with Gasteiger partial charge in [0.1, 0.15) is 11.3 Å². The van der Waals surface area contributed by atoms with Gasteiger partial charge in [0.05, 0.1) is 14.2 Å². The van der Waals surface area contributed by atoms with E-state index in [1.54, 1.807) is 19.2 Å². The van der Waals surface area contributed by atoms with Gasteiger partial charge in [0, 0.05) is 24.9 Å². The second-order valence-corrected chi connectivity index (χ2v) is 7.10. The van der Waals surface area contributed by atoms with E-state index in [4.69, 9.17) is 9.47 Å². The number of ether oxygens (including phenoxy) is 2. The van der Waals surface area contributed by atoms with Crippen LogP contribution in [0.4, 0.5) is 0 Å². The van der Waals surface area contributed by atoms with Crippen LogP contribution in [0.1, 0.15) is 35.2 Å². The van der Waals surface area contributed by atoms with Gasteiger partial charge in [-0.2, -0.15) is 11.8 Å². The molecule has 0 aromatic heterocycles. The van der Waals surface area contributed by atoms with E-state index in [2.05, 4.69) is 21.9 Å². The van der Waals surface area contributed by atoms with E-state index in [0.717, 1.165) is 23.2 Å². The minimum absolute atomic E-state index is 0. The maximum Gasteiger partial charge on any atom is 0.341 e. The maximum absolute atomic E-state index is 11.9. The largest absolute Gasteiger partial charge is 0.496 e. The van der Waals surface area contributed by atoms with Crippen LogP contribution in [0, 0.1) is 0 Å². The summed E-state index contributed by atoms with van der Waals surface area (Å²) in [6.07, 6.45) is 5.75. The Labute approximate surface area is 176 Å². The van der Waals surface area contributed by atoms with Gasteiger partial charge >= 0.3 is 5.97 Å². The number of carbonyl (C=O) groups is 1. The van der Waals surface area contributed by atoms with Crippen LogP contribution in [0.5, 0.6) is 5.75 Å². The molecule has 1 aliphatic carbocycles. The van der Waals surface area contributed by atoms with Crippen LogP contribution in [0.3, 0.4) is 0 Å². The molecular weight excluding hydrogens is 465 g/mol. The van der Waals surface area contributed by atoms with Gasteiger partial charge in [-0.05, 0) is 43.2 Å². The smallest absolute Gasteiger partial charge is 0.341 e. The highest BCUT2D eigenvalue weighted by atomic mass is 127. The molecular formula is C18H28IN3O3S. The zero-order valence-electron chi connectivity index (χ0n) is 15.7. The number of carbonyl (C=O) groups excluding carboxylic acids is 1. The normalized spacial score (nSPS) is 19.5. The zero-order valence-corrected chi connectivity index (χ0v) is 18.9. The Morgan fingerprint density at radius 1 is 1.35 bits per heavy atom. The average Bonchev–Trinajstić information content (AvgIpc) is 3.11. The number of hydrogen-bond donors (Lipinski definition) is 2. The van der Waals surface area contributed by atoms with Crippen molar-refractivity contribution in [2.24, 2.45) is 4.99 Å². The van der Waals surface area contributed by atoms with Crippen molar-refractivity contribution in [3.05, 3.63) is 29.3 Å². The molecule has 0 spiro atoms. The molecule has 8 heteroatoms. The van der Waals surface area contributed by atoms with Crippen molar-refractivity contribution in [2.75, 3.05) is 27.5 Å². The first-order valence-corrected chi connectivity index (χ1v) is 9.65. The Morgan fingerprint density at radius 2 is 2.12 bits per heavy atom. The summed E-state index contributed by atoms with van der Waals surface area (Å²) in [7, 11) is 4.67. The van der Waals surface area contributed by atoms with Crippen LogP contribution >= 0.6 is 35.7 Å². The number of rotatable bonds is 6. The van der Waals surface area contributed by atoms with Crippen molar-refractivity contribution in [1.29, 1.82) is 0 Å². The van der Waals surface area contributed by atoms with E-state index in [1.165, 1.54) is 27.1 Å². The zero-order chi connectivity index (χ0) is 18.2. The van der Waals surface area contributed by atoms with E-state index in [-0.39, 0.29) is 24.0 Å². The van der Waals surface area contributed by atoms with E-state index in [9.17, 15) is 4.79 Å². The number of nitrogens with one attached hydrogen (secondary N) is 2. The molecule has 0 aliphatic heterocycles. The lowest BCUT2D eigenvalue weighted by Crippen LogP contribution is -2.42. The molecule has 6 nitrogen and oxygen atoms in total. The maximum atomic E-state index is 11.9. The molecule has 0 amide bonds. The number of halogens is 1. The number of benzene rings is 1. The molecule has 146 valence electrons. The quantitative estimate of drug-likeness (QED) is 0.275. The third-order valence-corrected chi connectivity index (χ3v) is 5.51. The first-order chi connectivity index (χ1) is 12.1. The van der Waals surface area contributed by atoms with Crippen molar-refractivity contribution >= 4 is 47.7 Å². The Kier molecular flexibility index (Phi) is 10.1. The van der Waals surface area contributed by atoms with Crippen LogP contribution in [0.2, 0.25) is 0 Å². The van der Waals surface area contributed by atoms with Crippen LogP contribution in [0.25, 0.3) is 0 Å². The average molecular weight is 493 g/mol. The third-order valence-electron chi connectivity index (χ3n) is 4.41. The van der Waals surface area contributed by atoms with Crippen molar-refractivity contribution in [3.63, 3.8) is 0 Å². The summed E-state index contributed by atoms with van der Waals surface area (Å²) in [5.41, 5.74) is 1.38. The first kappa shape index (κ1) is 22.9. The molecule has 0 heterocycles. The molecule has 2 atom stereocenters. The molecule has 0 radical (unpaired) electrons. The number of thioether (sulfide) groups is 1. The standard InChI is InChI=1S/C18H27N3O3S.HI/c1-19-18(21-13-6-7-14(10-13)25-4)20-11-12-5-8-16(23-2)15(9-12)17(22)24-3;/h5,8-9,13-14H,6-7,10-11H2,1-4H3,(H2,19,20,21);1H. The van der Waals surface area contributed by atoms with Gasteiger partial charge < -0.3 is 20.1 Å². The lowest BCUT2D eigenvalue weighted by atomic mass is 10.1. The van der Waals surface area contributed by atoms with Gasteiger partial charge in [-0.3, -0.25) is 4.99 Å². The molecule has 1 fully saturated rings. The fraction of sp³-hybridized carbons (Fsp3) is 0.556. The molecule has 2 rings (SSSR count). The van der Waals surface area contributed by atoms with Crippen LogP contribution in [-0.4, -0.2) is 50.7 Å². The van der Waals surface area contributed by atoms with E-state index in [0.29, 0.717) is 23.9 Å². The number of methoxy groups -OCH3 is 2. The van der Waals surface area contributed by atoms with Gasteiger partial charge in [-0.15, -0.1) is 24.0 Å². The summed E-state index contributed by atoms with van der Waals surface area (Å²) >= 11 is 1.94. The molecule has 1 aromatic rings.